The molecule has 1 fully saturated rings. The third kappa shape index (κ3) is 5.25. The van der Waals surface area contributed by atoms with E-state index in [1.165, 1.54) is 7.11 Å². The summed E-state index contributed by atoms with van der Waals surface area (Å²) in [6.07, 6.45) is 0.189. The van der Waals surface area contributed by atoms with Crippen LogP contribution in [-0.4, -0.2) is 63.2 Å². The zero-order valence-corrected chi connectivity index (χ0v) is 13.8. The number of hydrogen-bond donors (Lipinski definition) is 1. The number of esters is 1. The molecule has 0 saturated carbocycles. The molecule has 24 heavy (non-hydrogen) atoms. The first kappa shape index (κ1) is 17.8. The molecule has 128 valence electrons. The van der Waals surface area contributed by atoms with Crippen molar-refractivity contribution in [2.24, 2.45) is 0 Å². The van der Waals surface area contributed by atoms with Crippen LogP contribution in [0.15, 0.2) is 24.3 Å². The number of ether oxygens (including phenoxy) is 1. The molecule has 1 aromatic carbocycles. The zero-order chi connectivity index (χ0) is 17.4. The Hall–Kier alpha value is -2.59. The Bertz CT molecular complexity index is 601. The van der Waals surface area contributed by atoms with Gasteiger partial charge in [-0.05, 0) is 24.3 Å². The van der Waals surface area contributed by atoms with Crippen molar-refractivity contribution < 1.29 is 14.3 Å². The Labute approximate surface area is 141 Å². The van der Waals surface area contributed by atoms with Gasteiger partial charge in [-0.2, -0.15) is 5.26 Å². The molecule has 1 heterocycles. The maximum absolute atomic E-state index is 11.9. The number of carbonyl (C=O) groups excluding carboxylic acids is 2. The van der Waals surface area contributed by atoms with Crippen molar-refractivity contribution in [3.63, 3.8) is 0 Å². The van der Waals surface area contributed by atoms with Crippen molar-refractivity contribution >= 4 is 17.6 Å². The second-order valence-corrected chi connectivity index (χ2v) is 5.60. The lowest BCUT2D eigenvalue weighted by atomic mass is 10.2. The summed E-state index contributed by atoms with van der Waals surface area (Å²) in [6, 6.07) is 9.65. The van der Waals surface area contributed by atoms with Crippen molar-refractivity contribution in [3.8, 4) is 6.07 Å². The molecule has 7 heteroatoms. The van der Waals surface area contributed by atoms with Crippen LogP contribution in [0.4, 0.5) is 5.69 Å². The van der Waals surface area contributed by atoms with Crippen LogP contribution in [-0.2, 0) is 14.3 Å². The molecular weight excluding hydrogens is 308 g/mol. The number of nitriles is 1. The van der Waals surface area contributed by atoms with Gasteiger partial charge in [0.25, 0.3) is 0 Å². The number of carbonyl (C=O) groups is 2. The monoisotopic (exact) mass is 330 g/mol. The highest BCUT2D eigenvalue weighted by Crippen LogP contribution is 2.17. The summed E-state index contributed by atoms with van der Waals surface area (Å²) < 4.78 is 4.53. The number of piperazine rings is 1. The van der Waals surface area contributed by atoms with Gasteiger partial charge in [-0.15, -0.1) is 0 Å². The van der Waals surface area contributed by atoms with Gasteiger partial charge in [0.1, 0.15) is 0 Å². The van der Waals surface area contributed by atoms with E-state index in [-0.39, 0.29) is 18.3 Å². The molecule has 0 aromatic heterocycles. The fourth-order valence-corrected chi connectivity index (χ4v) is 2.58. The van der Waals surface area contributed by atoms with E-state index in [9.17, 15) is 9.59 Å². The molecule has 0 aliphatic carbocycles. The van der Waals surface area contributed by atoms with E-state index in [1.807, 2.05) is 24.3 Å². The number of amides is 1. The van der Waals surface area contributed by atoms with Gasteiger partial charge in [0.2, 0.25) is 5.91 Å². The molecule has 0 spiro atoms. The number of nitrogens with one attached hydrogen (secondary N) is 1. The molecule has 1 aromatic rings. The second-order valence-electron chi connectivity index (χ2n) is 5.60. The van der Waals surface area contributed by atoms with E-state index in [0.29, 0.717) is 18.7 Å². The molecule has 7 nitrogen and oxygen atoms in total. The third-order valence-corrected chi connectivity index (χ3v) is 3.98. The van der Waals surface area contributed by atoms with Crippen LogP contribution in [0.25, 0.3) is 0 Å². The third-order valence-electron chi connectivity index (χ3n) is 3.98. The minimum atomic E-state index is -0.327. The molecule has 2 rings (SSSR count). The Balaban J connectivity index is 1.71. The molecule has 0 atom stereocenters. The molecule has 0 radical (unpaired) electrons. The minimum Gasteiger partial charge on any atom is -0.469 e. The molecule has 1 amide bonds. The van der Waals surface area contributed by atoms with E-state index in [0.717, 1.165) is 31.9 Å². The Kier molecular flexibility index (Phi) is 6.58. The number of anilines is 1. The SMILES string of the molecule is COC(=O)CCNC(=O)CN1CCN(c2ccc(C#N)cc2)CC1. The van der Waals surface area contributed by atoms with Crippen molar-refractivity contribution in [2.45, 2.75) is 6.42 Å². The lowest BCUT2D eigenvalue weighted by Crippen LogP contribution is -2.49. The lowest BCUT2D eigenvalue weighted by Gasteiger charge is -2.35. The van der Waals surface area contributed by atoms with Crippen LogP contribution in [0.2, 0.25) is 0 Å². The van der Waals surface area contributed by atoms with Crippen LogP contribution in [0, 0.1) is 11.3 Å². The van der Waals surface area contributed by atoms with E-state index in [2.05, 4.69) is 25.9 Å². The first-order valence-electron chi connectivity index (χ1n) is 7.93. The topological polar surface area (TPSA) is 85.7 Å². The standard InChI is InChI=1S/C17H22N4O3/c1-24-17(23)6-7-19-16(22)13-20-8-10-21(11-9-20)15-4-2-14(12-18)3-5-15/h2-5H,6-11,13H2,1H3,(H,19,22). The zero-order valence-electron chi connectivity index (χ0n) is 13.8. The largest absolute Gasteiger partial charge is 0.469 e. The highest BCUT2D eigenvalue weighted by Gasteiger charge is 2.19. The summed E-state index contributed by atoms with van der Waals surface area (Å²) in [6.45, 7) is 3.90. The summed E-state index contributed by atoms with van der Waals surface area (Å²) in [4.78, 5) is 27.2. The van der Waals surface area contributed by atoms with E-state index >= 15 is 0 Å². The van der Waals surface area contributed by atoms with Crippen LogP contribution >= 0.6 is 0 Å². The summed E-state index contributed by atoms with van der Waals surface area (Å²) in [5.74, 6) is -0.406. The summed E-state index contributed by atoms with van der Waals surface area (Å²) in [5, 5.41) is 11.6. The summed E-state index contributed by atoms with van der Waals surface area (Å²) in [5.41, 5.74) is 1.75. The van der Waals surface area contributed by atoms with Crippen LogP contribution in [0.3, 0.4) is 0 Å². The van der Waals surface area contributed by atoms with Crippen LogP contribution in [0.1, 0.15) is 12.0 Å². The van der Waals surface area contributed by atoms with E-state index < -0.39 is 0 Å². The smallest absolute Gasteiger partial charge is 0.307 e. The first-order chi connectivity index (χ1) is 11.6. The molecule has 1 aliphatic rings. The first-order valence-corrected chi connectivity index (χ1v) is 7.93. The van der Waals surface area contributed by atoms with Gasteiger partial charge >= 0.3 is 5.97 Å². The molecule has 0 unspecified atom stereocenters. The highest BCUT2D eigenvalue weighted by atomic mass is 16.5. The van der Waals surface area contributed by atoms with Gasteiger partial charge in [-0.3, -0.25) is 14.5 Å². The molecule has 1 saturated heterocycles. The van der Waals surface area contributed by atoms with Crippen LogP contribution in [0.5, 0.6) is 0 Å². The fraction of sp³-hybridized carbons (Fsp3) is 0.471. The van der Waals surface area contributed by atoms with Gasteiger partial charge < -0.3 is 15.0 Å². The molecule has 0 bridgehead atoms. The van der Waals surface area contributed by atoms with Gasteiger partial charge in [0, 0.05) is 38.4 Å². The number of rotatable bonds is 6. The van der Waals surface area contributed by atoms with E-state index in [1.54, 1.807) is 0 Å². The van der Waals surface area contributed by atoms with Crippen molar-refractivity contribution in [1.29, 1.82) is 5.26 Å². The Morgan fingerprint density at radius 2 is 1.88 bits per heavy atom. The minimum absolute atomic E-state index is 0.0780. The lowest BCUT2D eigenvalue weighted by molar-refractivity contribution is -0.140. The second kappa shape index (κ2) is 8.89. The fourth-order valence-electron chi connectivity index (χ4n) is 2.58. The summed E-state index contributed by atoms with van der Waals surface area (Å²) in [7, 11) is 1.33. The van der Waals surface area contributed by atoms with Crippen molar-refractivity contribution in [2.75, 3.05) is 51.3 Å². The maximum atomic E-state index is 11.9. The number of nitrogens with zero attached hydrogens (tertiary/aromatic N) is 3. The molecule has 1 N–H and O–H groups in total. The van der Waals surface area contributed by atoms with Gasteiger partial charge in [-0.1, -0.05) is 0 Å². The Morgan fingerprint density at radius 1 is 1.21 bits per heavy atom. The number of benzene rings is 1. The average Bonchev–Trinajstić information content (AvgIpc) is 2.62. The average molecular weight is 330 g/mol. The van der Waals surface area contributed by atoms with Gasteiger partial charge in [-0.25, -0.2) is 0 Å². The normalized spacial score (nSPS) is 14.8. The predicted octanol–water partition coefficient (Wildman–Crippen LogP) is 0.360. The van der Waals surface area contributed by atoms with Crippen LogP contribution < -0.4 is 10.2 Å². The van der Waals surface area contributed by atoms with Crippen molar-refractivity contribution in [3.05, 3.63) is 29.8 Å². The number of methoxy groups -OCH3 is 1. The van der Waals surface area contributed by atoms with Gasteiger partial charge in [0.05, 0.1) is 31.7 Å². The Morgan fingerprint density at radius 3 is 2.46 bits per heavy atom. The van der Waals surface area contributed by atoms with Gasteiger partial charge in [0.15, 0.2) is 0 Å². The number of hydrogen-bond acceptors (Lipinski definition) is 6. The highest BCUT2D eigenvalue weighted by molar-refractivity contribution is 5.78. The van der Waals surface area contributed by atoms with E-state index in [4.69, 9.17) is 5.26 Å². The molecular formula is C17H22N4O3. The maximum Gasteiger partial charge on any atom is 0.307 e. The van der Waals surface area contributed by atoms with Crippen molar-refractivity contribution in [1.82, 2.24) is 10.2 Å². The quantitative estimate of drug-likeness (QED) is 0.758. The predicted molar refractivity (Wildman–Crippen MR) is 89.5 cm³/mol. The molecule has 1 aliphatic heterocycles. The summed E-state index contributed by atoms with van der Waals surface area (Å²) >= 11 is 0.